The van der Waals surface area contributed by atoms with E-state index in [9.17, 15) is 9.59 Å². The van der Waals surface area contributed by atoms with Crippen molar-refractivity contribution in [3.05, 3.63) is 11.8 Å². The zero-order chi connectivity index (χ0) is 9.14. The average molecular weight is 173 g/mol. The zero-order valence-corrected chi connectivity index (χ0v) is 5.98. The highest BCUT2D eigenvalue weighted by atomic mass is 16.5. The summed E-state index contributed by atoms with van der Waals surface area (Å²) in [7, 11) is 0. The Morgan fingerprint density at radius 3 is 2.67 bits per heavy atom. The van der Waals surface area contributed by atoms with Crippen LogP contribution in [0, 0.1) is 0 Å². The number of carboxylic acid groups (broad SMARTS) is 2. The SMILES string of the molecule is O=C(O)NC1C=C(C(=O)O)OC1. The molecule has 0 saturated carbocycles. The lowest BCUT2D eigenvalue weighted by atomic mass is 10.3. The summed E-state index contributed by atoms with van der Waals surface area (Å²) in [5.41, 5.74) is 0. The minimum absolute atomic E-state index is 0.0356. The Kier molecular flexibility index (Phi) is 2.18. The highest BCUT2D eigenvalue weighted by molar-refractivity contribution is 5.85. The number of rotatable bonds is 2. The maximum absolute atomic E-state index is 10.3. The molecule has 0 aromatic rings. The van der Waals surface area contributed by atoms with Gasteiger partial charge in [-0.05, 0) is 6.08 Å². The van der Waals surface area contributed by atoms with Crippen molar-refractivity contribution in [1.82, 2.24) is 5.32 Å². The molecule has 0 bridgehead atoms. The van der Waals surface area contributed by atoms with E-state index in [2.05, 4.69) is 10.1 Å². The van der Waals surface area contributed by atoms with Crippen molar-refractivity contribution < 1.29 is 24.5 Å². The first-order chi connectivity index (χ1) is 5.59. The molecule has 1 aliphatic rings. The molecule has 1 heterocycles. The van der Waals surface area contributed by atoms with Gasteiger partial charge in [-0.3, -0.25) is 0 Å². The number of nitrogens with one attached hydrogen (secondary N) is 1. The molecule has 1 aliphatic heterocycles. The first-order valence-electron chi connectivity index (χ1n) is 3.17. The number of hydrogen-bond acceptors (Lipinski definition) is 3. The van der Waals surface area contributed by atoms with Crippen molar-refractivity contribution in [1.29, 1.82) is 0 Å². The summed E-state index contributed by atoms with van der Waals surface area (Å²) < 4.78 is 4.66. The van der Waals surface area contributed by atoms with Gasteiger partial charge in [0.2, 0.25) is 5.76 Å². The Balaban J connectivity index is 2.53. The molecule has 3 N–H and O–H groups in total. The smallest absolute Gasteiger partial charge is 0.405 e. The molecule has 0 aromatic carbocycles. The summed E-state index contributed by atoms with van der Waals surface area (Å²) in [6, 6.07) is -0.561. The van der Waals surface area contributed by atoms with Gasteiger partial charge in [-0.25, -0.2) is 9.59 Å². The fourth-order valence-electron chi connectivity index (χ4n) is 0.833. The zero-order valence-electron chi connectivity index (χ0n) is 5.98. The molecule has 0 aliphatic carbocycles. The molecule has 1 unspecified atom stereocenters. The van der Waals surface area contributed by atoms with Crippen molar-refractivity contribution >= 4 is 12.1 Å². The van der Waals surface area contributed by atoms with Gasteiger partial charge in [0, 0.05) is 0 Å². The van der Waals surface area contributed by atoms with Crippen molar-refractivity contribution in [3.8, 4) is 0 Å². The summed E-state index contributed by atoms with van der Waals surface area (Å²) in [6.45, 7) is 0.0356. The van der Waals surface area contributed by atoms with Crippen molar-refractivity contribution in [2.45, 2.75) is 6.04 Å². The van der Waals surface area contributed by atoms with E-state index in [0.29, 0.717) is 0 Å². The number of ether oxygens (including phenoxy) is 1. The van der Waals surface area contributed by atoms with Gasteiger partial charge in [0.1, 0.15) is 6.61 Å². The monoisotopic (exact) mass is 173 g/mol. The third-order valence-electron chi connectivity index (χ3n) is 1.29. The molecule has 6 heteroatoms. The summed E-state index contributed by atoms with van der Waals surface area (Å²) in [6.07, 6.45) is 0.0164. The van der Waals surface area contributed by atoms with Crippen molar-refractivity contribution in [2.24, 2.45) is 0 Å². The molecular weight excluding hydrogens is 166 g/mol. The molecule has 1 atom stereocenters. The maximum atomic E-state index is 10.3. The van der Waals surface area contributed by atoms with E-state index in [4.69, 9.17) is 10.2 Å². The summed E-state index contributed by atoms with van der Waals surface area (Å²) >= 11 is 0. The fourth-order valence-corrected chi connectivity index (χ4v) is 0.833. The second-order valence-electron chi connectivity index (χ2n) is 2.20. The molecule has 12 heavy (non-hydrogen) atoms. The Morgan fingerprint density at radius 1 is 1.58 bits per heavy atom. The molecule has 0 fully saturated rings. The third kappa shape index (κ3) is 1.88. The van der Waals surface area contributed by atoms with Crippen LogP contribution in [-0.2, 0) is 9.53 Å². The molecule has 0 aromatic heterocycles. The second kappa shape index (κ2) is 3.12. The molecule has 0 spiro atoms. The van der Waals surface area contributed by atoms with Crippen molar-refractivity contribution in [3.63, 3.8) is 0 Å². The number of carbonyl (C=O) groups is 2. The lowest BCUT2D eigenvalue weighted by Crippen LogP contribution is -2.32. The number of aliphatic carboxylic acids is 1. The summed E-state index contributed by atoms with van der Waals surface area (Å²) in [4.78, 5) is 20.4. The molecule has 1 rings (SSSR count). The van der Waals surface area contributed by atoms with E-state index in [-0.39, 0.29) is 12.4 Å². The second-order valence-corrected chi connectivity index (χ2v) is 2.20. The van der Waals surface area contributed by atoms with E-state index >= 15 is 0 Å². The van der Waals surface area contributed by atoms with Gasteiger partial charge in [0.25, 0.3) is 0 Å². The van der Waals surface area contributed by atoms with Gasteiger partial charge in [-0.2, -0.15) is 0 Å². The van der Waals surface area contributed by atoms with E-state index in [1.54, 1.807) is 0 Å². The summed E-state index contributed by atoms with van der Waals surface area (Å²) in [5, 5.41) is 18.7. The maximum Gasteiger partial charge on any atom is 0.405 e. The minimum atomic E-state index is -1.20. The first-order valence-corrected chi connectivity index (χ1v) is 3.17. The molecule has 66 valence electrons. The van der Waals surface area contributed by atoms with Gasteiger partial charge < -0.3 is 20.3 Å². The van der Waals surface area contributed by atoms with Crippen LogP contribution < -0.4 is 5.32 Å². The summed E-state index contributed by atoms with van der Waals surface area (Å²) in [5.74, 6) is -1.40. The van der Waals surface area contributed by atoms with Gasteiger partial charge >= 0.3 is 12.1 Å². The Morgan fingerprint density at radius 2 is 2.25 bits per heavy atom. The standard InChI is InChI=1S/C6H7NO5/c8-5(9)4-1-3(2-12-4)7-6(10)11/h1,3,7H,2H2,(H,8,9)(H,10,11). The molecule has 0 radical (unpaired) electrons. The molecular formula is C6H7NO5. The van der Waals surface area contributed by atoms with Crippen LogP contribution >= 0.6 is 0 Å². The number of carboxylic acids is 1. The average Bonchev–Trinajstić information content (AvgIpc) is 2.34. The lowest BCUT2D eigenvalue weighted by molar-refractivity contribution is -0.136. The topological polar surface area (TPSA) is 95.9 Å². The van der Waals surface area contributed by atoms with E-state index in [1.165, 1.54) is 6.08 Å². The van der Waals surface area contributed by atoms with Crippen molar-refractivity contribution in [2.75, 3.05) is 6.61 Å². The highest BCUT2D eigenvalue weighted by Crippen LogP contribution is 2.09. The van der Waals surface area contributed by atoms with Crippen LogP contribution in [-0.4, -0.2) is 34.9 Å². The van der Waals surface area contributed by atoms with Gasteiger partial charge in [0.15, 0.2) is 0 Å². The van der Waals surface area contributed by atoms with Crippen LogP contribution in [0.1, 0.15) is 0 Å². The van der Waals surface area contributed by atoms with Gasteiger partial charge in [-0.15, -0.1) is 0 Å². The Labute approximate surface area is 67.4 Å². The molecule has 6 nitrogen and oxygen atoms in total. The van der Waals surface area contributed by atoms with Crippen LogP contribution in [0.4, 0.5) is 4.79 Å². The predicted octanol–water partition coefficient (Wildman–Crippen LogP) is -0.379. The highest BCUT2D eigenvalue weighted by Gasteiger charge is 2.22. The van der Waals surface area contributed by atoms with E-state index < -0.39 is 18.1 Å². The van der Waals surface area contributed by atoms with Crippen LogP contribution in [0.25, 0.3) is 0 Å². The quantitative estimate of drug-likeness (QED) is 0.529. The molecule has 1 amide bonds. The molecule has 0 saturated heterocycles. The first kappa shape index (κ1) is 8.38. The van der Waals surface area contributed by atoms with Crippen LogP contribution in [0.3, 0.4) is 0 Å². The fraction of sp³-hybridized carbons (Fsp3) is 0.333. The number of hydrogen-bond donors (Lipinski definition) is 3. The van der Waals surface area contributed by atoms with Crippen LogP contribution in [0.15, 0.2) is 11.8 Å². The predicted molar refractivity (Wildman–Crippen MR) is 36.6 cm³/mol. The van der Waals surface area contributed by atoms with Gasteiger partial charge in [0.05, 0.1) is 6.04 Å². The van der Waals surface area contributed by atoms with E-state index in [0.717, 1.165) is 0 Å². The van der Waals surface area contributed by atoms with Gasteiger partial charge in [-0.1, -0.05) is 0 Å². The minimum Gasteiger partial charge on any atom is -0.484 e. The van der Waals surface area contributed by atoms with E-state index in [1.807, 2.05) is 0 Å². The van der Waals surface area contributed by atoms with Crippen LogP contribution in [0.5, 0.6) is 0 Å². The largest absolute Gasteiger partial charge is 0.484 e. The van der Waals surface area contributed by atoms with Crippen LogP contribution in [0.2, 0.25) is 0 Å². The normalized spacial score (nSPS) is 21.0. The number of amides is 1. The Hall–Kier alpha value is -1.72. The Bertz CT molecular complexity index is 246. The lowest BCUT2D eigenvalue weighted by Gasteiger charge is -2.03. The third-order valence-corrected chi connectivity index (χ3v) is 1.29.